The van der Waals surface area contributed by atoms with Gasteiger partial charge >= 0.3 is 5.97 Å². The summed E-state index contributed by atoms with van der Waals surface area (Å²) in [6, 6.07) is 3.71. The Hall–Kier alpha value is -3.08. The third kappa shape index (κ3) is 5.19. The number of hydrogen-bond acceptors (Lipinski definition) is 8. The third-order valence-electron chi connectivity index (χ3n) is 5.94. The number of aromatic nitrogens is 3. The van der Waals surface area contributed by atoms with Crippen LogP contribution in [0.4, 0.5) is 5.82 Å². The van der Waals surface area contributed by atoms with Crippen LogP contribution in [0.25, 0.3) is 11.7 Å². The molecule has 34 heavy (non-hydrogen) atoms. The molecule has 4 heterocycles. The molecule has 0 radical (unpaired) electrons. The number of thiazole rings is 1. The summed E-state index contributed by atoms with van der Waals surface area (Å²) in [6.45, 7) is 4.71. The van der Waals surface area contributed by atoms with Crippen molar-refractivity contribution < 1.29 is 20.1 Å². The van der Waals surface area contributed by atoms with E-state index >= 15 is 0 Å². The van der Waals surface area contributed by atoms with Crippen molar-refractivity contribution in [3.8, 4) is 0 Å². The maximum atomic E-state index is 13.2. The topological polar surface area (TPSA) is 128 Å². The highest BCUT2D eigenvalue weighted by Crippen LogP contribution is 2.24. The number of aryl methyl sites for hydroxylation is 2. The Balaban J connectivity index is 1.68. The van der Waals surface area contributed by atoms with Crippen molar-refractivity contribution in [3.63, 3.8) is 0 Å². The molecule has 1 aliphatic rings. The minimum atomic E-state index is -1.18. The van der Waals surface area contributed by atoms with Gasteiger partial charge in [-0.3, -0.25) is 9.20 Å². The zero-order chi connectivity index (χ0) is 24.4. The van der Waals surface area contributed by atoms with Gasteiger partial charge in [0.15, 0.2) is 0 Å². The Morgan fingerprint density at radius 2 is 2.06 bits per heavy atom. The summed E-state index contributed by atoms with van der Waals surface area (Å²) in [5, 5.41) is 32.2. The summed E-state index contributed by atoms with van der Waals surface area (Å²) in [7, 11) is 0. The summed E-state index contributed by atoms with van der Waals surface area (Å²) in [5.74, 6) is -0.492. The molecule has 3 aromatic heterocycles. The predicted octanol–water partition coefficient (Wildman–Crippen LogP) is 2.09. The first-order chi connectivity index (χ1) is 16.2. The van der Waals surface area contributed by atoms with E-state index in [2.05, 4.69) is 29.2 Å². The minimum Gasteiger partial charge on any atom is -0.478 e. The van der Waals surface area contributed by atoms with Crippen LogP contribution in [-0.4, -0.2) is 61.0 Å². The van der Waals surface area contributed by atoms with E-state index in [1.807, 2.05) is 12.1 Å². The molecular weight excluding hydrogens is 456 g/mol. The first-order valence-corrected chi connectivity index (χ1v) is 12.1. The second-order valence-corrected chi connectivity index (χ2v) is 9.72. The first-order valence-electron chi connectivity index (χ1n) is 11.2. The molecular formula is C24H28N4O5S. The fourth-order valence-corrected chi connectivity index (χ4v) is 4.91. The average Bonchev–Trinajstić information content (AvgIpc) is 3.28. The zero-order valence-electron chi connectivity index (χ0n) is 19.1. The van der Waals surface area contributed by atoms with Gasteiger partial charge in [-0.25, -0.2) is 14.8 Å². The number of carboxylic acid groups (broad SMARTS) is 1. The number of piperidine rings is 1. The average molecular weight is 485 g/mol. The first kappa shape index (κ1) is 24.1. The van der Waals surface area contributed by atoms with Gasteiger partial charge in [-0.1, -0.05) is 13.8 Å². The van der Waals surface area contributed by atoms with E-state index in [0.717, 1.165) is 35.2 Å². The van der Waals surface area contributed by atoms with E-state index in [9.17, 15) is 19.8 Å². The Labute approximate surface area is 200 Å². The van der Waals surface area contributed by atoms with Crippen molar-refractivity contribution in [1.29, 1.82) is 0 Å². The van der Waals surface area contributed by atoms with Crippen LogP contribution in [0.3, 0.4) is 0 Å². The number of carbonyl (C=O) groups is 1. The van der Waals surface area contributed by atoms with Crippen LogP contribution in [0, 0.1) is 0 Å². The summed E-state index contributed by atoms with van der Waals surface area (Å²) in [4.78, 5) is 35.4. The van der Waals surface area contributed by atoms with Crippen molar-refractivity contribution in [2.45, 2.75) is 51.2 Å². The highest BCUT2D eigenvalue weighted by molar-refractivity contribution is 7.09. The van der Waals surface area contributed by atoms with Gasteiger partial charge in [-0.15, -0.1) is 11.3 Å². The van der Waals surface area contributed by atoms with Gasteiger partial charge in [0.25, 0.3) is 5.56 Å². The molecule has 0 aromatic carbocycles. The molecule has 3 aromatic rings. The van der Waals surface area contributed by atoms with Gasteiger partial charge in [0.05, 0.1) is 28.5 Å². The van der Waals surface area contributed by atoms with Crippen LogP contribution in [0.5, 0.6) is 0 Å². The molecule has 9 nitrogen and oxygen atoms in total. The summed E-state index contributed by atoms with van der Waals surface area (Å²) < 4.78 is 1.39. The van der Waals surface area contributed by atoms with E-state index < -0.39 is 23.7 Å². The minimum absolute atomic E-state index is 0.0968. The molecule has 0 saturated carbocycles. The number of aliphatic carboxylic acids is 1. The lowest BCUT2D eigenvalue weighted by Gasteiger charge is -2.34. The number of aliphatic hydroxyl groups excluding tert-OH is 2. The summed E-state index contributed by atoms with van der Waals surface area (Å²) in [5.41, 5.74) is 2.26. The molecule has 0 amide bonds. The van der Waals surface area contributed by atoms with E-state index in [-0.39, 0.29) is 12.1 Å². The Morgan fingerprint density at radius 1 is 1.26 bits per heavy atom. The Kier molecular flexibility index (Phi) is 7.11. The molecule has 0 spiro atoms. The molecule has 0 bridgehead atoms. The number of anilines is 1. The maximum absolute atomic E-state index is 13.2. The van der Waals surface area contributed by atoms with Crippen molar-refractivity contribution in [2.75, 3.05) is 18.0 Å². The van der Waals surface area contributed by atoms with Gasteiger partial charge in [0, 0.05) is 37.2 Å². The maximum Gasteiger partial charge on any atom is 0.328 e. The monoisotopic (exact) mass is 484 g/mol. The molecule has 0 unspecified atom stereocenters. The van der Waals surface area contributed by atoms with E-state index in [4.69, 9.17) is 5.11 Å². The lowest BCUT2D eigenvalue weighted by atomic mass is 10.0. The van der Waals surface area contributed by atoms with E-state index in [0.29, 0.717) is 30.3 Å². The highest BCUT2D eigenvalue weighted by atomic mass is 32.1. The lowest BCUT2D eigenvalue weighted by Crippen LogP contribution is -2.47. The zero-order valence-corrected chi connectivity index (χ0v) is 19.9. The fourth-order valence-electron chi connectivity index (χ4n) is 3.95. The number of fused-ring (bicyclic) bond motifs is 1. The number of β-amino-alcohol motifs (C(OH)–C–C–N with tert-alkyl or cyclic N) is 1. The SMILES string of the molecule is CC(C)c1csc(CCc2ccn3c(=O)c(/C=C/C(=O)O)c(N4CC[C@@H](O)[C@@H](O)C4)nc3c2)n1. The van der Waals surface area contributed by atoms with Crippen molar-refractivity contribution in [3.05, 3.63) is 62.0 Å². The third-order valence-corrected chi connectivity index (χ3v) is 6.86. The Morgan fingerprint density at radius 3 is 2.74 bits per heavy atom. The molecule has 4 rings (SSSR count). The molecule has 10 heteroatoms. The molecule has 1 saturated heterocycles. The summed E-state index contributed by atoms with van der Waals surface area (Å²) >= 11 is 1.65. The van der Waals surface area contributed by atoms with Crippen LogP contribution in [-0.2, 0) is 17.6 Å². The molecule has 180 valence electrons. The quantitative estimate of drug-likeness (QED) is 0.435. The van der Waals surface area contributed by atoms with Gasteiger partial charge < -0.3 is 20.2 Å². The van der Waals surface area contributed by atoms with E-state index in [1.54, 1.807) is 22.4 Å². The van der Waals surface area contributed by atoms with Crippen molar-refractivity contribution in [1.82, 2.24) is 14.4 Å². The highest BCUT2D eigenvalue weighted by Gasteiger charge is 2.28. The smallest absolute Gasteiger partial charge is 0.328 e. The summed E-state index contributed by atoms with van der Waals surface area (Å²) in [6.07, 6.45) is 3.79. The van der Waals surface area contributed by atoms with Crippen molar-refractivity contribution >= 4 is 34.8 Å². The number of hydrogen-bond donors (Lipinski definition) is 3. The largest absolute Gasteiger partial charge is 0.478 e. The fraction of sp³-hybridized carbons (Fsp3) is 0.417. The van der Waals surface area contributed by atoms with E-state index in [1.165, 1.54) is 10.5 Å². The van der Waals surface area contributed by atoms with Gasteiger partial charge in [-0.2, -0.15) is 0 Å². The van der Waals surface area contributed by atoms with Crippen LogP contribution in [0.15, 0.2) is 34.6 Å². The van der Waals surface area contributed by atoms with Gasteiger partial charge in [0.1, 0.15) is 11.5 Å². The Bertz CT molecular complexity index is 1280. The van der Waals surface area contributed by atoms with Gasteiger partial charge in [0.2, 0.25) is 0 Å². The molecule has 1 fully saturated rings. The molecule has 2 atom stereocenters. The standard InChI is InChI=1S/C24H28N4O5S/c1-14(2)17-13-34-21(25-17)5-3-15-7-10-28-20(11-15)26-23(16(24(28)33)4-6-22(31)32)27-9-8-18(29)19(30)12-27/h4,6-7,10-11,13-14,18-19,29-30H,3,5,8-9,12H2,1-2H3,(H,31,32)/b6-4+/t18-,19+/m1/s1. The lowest BCUT2D eigenvalue weighted by molar-refractivity contribution is -0.131. The van der Waals surface area contributed by atoms with Crippen LogP contribution < -0.4 is 10.5 Å². The van der Waals surface area contributed by atoms with Crippen molar-refractivity contribution in [2.24, 2.45) is 0 Å². The number of pyridine rings is 1. The van der Waals surface area contributed by atoms with Gasteiger partial charge in [-0.05, 0) is 42.5 Å². The number of nitrogens with zero attached hydrogens (tertiary/aromatic N) is 4. The van der Waals surface area contributed by atoms with Crippen LogP contribution in [0.2, 0.25) is 0 Å². The molecule has 3 N–H and O–H groups in total. The number of carboxylic acids is 1. The second-order valence-electron chi connectivity index (χ2n) is 8.78. The molecule has 1 aliphatic heterocycles. The predicted molar refractivity (Wildman–Crippen MR) is 131 cm³/mol. The number of aliphatic hydroxyl groups is 2. The normalized spacial score (nSPS) is 18.9. The van der Waals surface area contributed by atoms with Crippen LogP contribution in [0.1, 0.15) is 48.0 Å². The molecule has 0 aliphatic carbocycles. The second kappa shape index (κ2) is 10.0. The number of rotatable bonds is 7. The van der Waals surface area contributed by atoms with Crippen LogP contribution >= 0.6 is 11.3 Å².